The average Bonchev–Trinajstić information content (AvgIpc) is 3.60. The smallest absolute Gasteiger partial charge is 0.414 e. The van der Waals surface area contributed by atoms with Crippen LogP contribution >= 0.6 is 34.5 Å². The van der Waals surface area contributed by atoms with Gasteiger partial charge in [0.25, 0.3) is 6.43 Å². The molecule has 2 aromatic carbocycles. The van der Waals surface area contributed by atoms with Crippen LogP contribution in [0.25, 0.3) is 0 Å². The SMILES string of the molecule is COc1ccc([C@H](Cc2c(Cl)c[n+](C)cc2Cl)OC(=O)c2ccc(CN(C(=O)O[C@H]3CN4CCC3CC4)c3cccc(C(F)F)c3)s2)cc1OC. The number of rotatable bonds is 12. The number of piperidine rings is 3. The summed E-state index contributed by atoms with van der Waals surface area (Å²) in [5, 5.41) is 0.817. The van der Waals surface area contributed by atoms with E-state index >= 15 is 0 Å². The molecule has 2 bridgehead atoms. The first-order chi connectivity index (χ1) is 24.5. The van der Waals surface area contributed by atoms with Gasteiger partial charge in [-0.2, -0.15) is 0 Å². The van der Waals surface area contributed by atoms with Crippen molar-refractivity contribution in [1.82, 2.24) is 4.90 Å². The third-order valence-corrected chi connectivity index (χ3v) is 11.0. The number of nitrogens with zero attached hydrogens (tertiary/aromatic N) is 3. The normalized spacial score (nSPS) is 18.7. The average molecular weight is 762 g/mol. The summed E-state index contributed by atoms with van der Waals surface area (Å²) in [5.74, 6) is 0.610. The molecule has 0 spiro atoms. The number of ether oxygens (including phenoxy) is 4. The summed E-state index contributed by atoms with van der Waals surface area (Å²) in [6, 6.07) is 14.2. The van der Waals surface area contributed by atoms with Crippen LogP contribution in [0, 0.1) is 5.92 Å². The lowest BCUT2D eigenvalue weighted by atomic mass is 9.86. The molecule has 3 saturated heterocycles. The number of amides is 1. The molecule has 1 amide bonds. The second kappa shape index (κ2) is 16.1. The minimum absolute atomic E-state index is 0.00404. The molecule has 5 heterocycles. The van der Waals surface area contributed by atoms with E-state index in [0.29, 0.717) is 44.1 Å². The predicted octanol–water partition coefficient (Wildman–Crippen LogP) is 8.21. The van der Waals surface area contributed by atoms with E-state index in [1.54, 1.807) is 60.4 Å². The number of aryl methyl sites for hydroxylation is 1. The Bertz CT molecular complexity index is 1860. The van der Waals surface area contributed by atoms with Crippen LogP contribution in [0.5, 0.6) is 11.5 Å². The van der Waals surface area contributed by atoms with Gasteiger partial charge in [0.1, 0.15) is 34.2 Å². The molecular weight excluding hydrogens is 723 g/mol. The van der Waals surface area contributed by atoms with Crippen molar-refractivity contribution in [3.8, 4) is 11.5 Å². The lowest BCUT2D eigenvalue weighted by molar-refractivity contribution is -0.671. The van der Waals surface area contributed by atoms with Gasteiger partial charge in [-0.05, 0) is 73.8 Å². The van der Waals surface area contributed by atoms with Crippen molar-refractivity contribution in [2.75, 3.05) is 38.8 Å². The van der Waals surface area contributed by atoms with E-state index in [4.69, 9.17) is 42.1 Å². The molecule has 0 N–H and O–H groups in total. The molecule has 2 aromatic heterocycles. The van der Waals surface area contributed by atoms with Gasteiger partial charge in [-0.25, -0.2) is 22.9 Å². The minimum Gasteiger partial charge on any atom is -0.493 e. The van der Waals surface area contributed by atoms with Gasteiger partial charge in [0, 0.05) is 34.7 Å². The van der Waals surface area contributed by atoms with E-state index in [1.165, 1.54) is 37.3 Å². The third kappa shape index (κ3) is 8.57. The van der Waals surface area contributed by atoms with Crippen LogP contribution in [-0.2, 0) is 29.5 Å². The molecular formula is C37H38Cl2F2N3O6S+. The maximum absolute atomic E-state index is 13.7. The number of hydrogen-bond donors (Lipinski definition) is 0. The van der Waals surface area contributed by atoms with Crippen molar-refractivity contribution in [2.24, 2.45) is 13.0 Å². The first-order valence-electron chi connectivity index (χ1n) is 16.5. The van der Waals surface area contributed by atoms with Crippen molar-refractivity contribution in [3.63, 3.8) is 0 Å². The molecule has 7 rings (SSSR count). The maximum atomic E-state index is 13.7. The van der Waals surface area contributed by atoms with Crippen molar-refractivity contribution < 1.29 is 41.9 Å². The van der Waals surface area contributed by atoms with Gasteiger partial charge in [0.2, 0.25) is 0 Å². The van der Waals surface area contributed by atoms with E-state index < -0.39 is 24.6 Å². The Morgan fingerprint density at radius 1 is 0.980 bits per heavy atom. The zero-order chi connectivity index (χ0) is 36.2. The number of halogens is 4. The van der Waals surface area contributed by atoms with Gasteiger partial charge < -0.3 is 18.9 Å². The number of benzene rings is 2. The van der Waals surface area contributed by atoms with Gasteiger partial charge in [-0.3, -0.25) is 9.80 Å². The van der Waals surface area contributed by atoms with Crippen LogP contribution in [0.15, 0.2) is 67.0 Å². The Labute approximate surface area is 309 Å². The highest BCUT2D eigenvalue weighted by molar-refractivity contribution is 7.14. The standard InChI is InChI=1S/C37H38Cl2F2N3O6S/c1-42-19-28(38)27(29(39)20-42)17-31(23-7-9-30(47-2)32(16-23)48-3)49-36(45)34-10-8-26(51-34)18-44(25-6-4-5-24(15-25)35(40)41)37(46)50-33-21-43-13-11-22(33)12-14-43/h4-10,15-16,19-20,22,31,33,35H,11-14,17-18,21H2,1-3H3/q+1/t31-,33-/m0/s1. The van der Waals surface area contributed by atoms with E-state index in [1.807, 2.05) is 0 Å². The van der Waals surface area contributed by atoms with Crippen molar-refractivity contribution in [3.05, 3.63) is 103 Å². The molecule has 0 radical (unpaired) electrons. The molecule has 3 aliphatic heterocycles. The van der Waals surface area contributed by atoms with Gasteiger partial charge in [0.15, 0.2) is 23.9 Å². The number of hydrogen-bond acceptors (Lipinski definition) is 8. The Morgan fingerprint density at radius 3 is 2.35 bits per heavy atom. The second-order valence-corrected chi connectivity index (χ2v) is 14.6. The zero-order valence-corrected chi connectivity index (χ0v) is 30.6. The van der Waals surface area contributed by atoms with Crippen LogP contribution in [0.1, 0.15) is 56.6 Å². The van der Waals surface area contributed by atoms with Crippen molar-refractivity contribution >= 4 is 52.3 Å². The Hall–Kier alpha value is -3.97. The van der Waals surface area contributed by atoms with Crippen LogP contribution in [-0.4, -0.2) is 56.9 Å². The highest BCUT2D eigenvalue weighted by Gasteiger charge is 2.38. The lowest BCUT2D eigenvalue weighted by Gasteiger charge is -2.44. The summed E-state index contributed by atoms with van der Waals surface area (Å²) < 4.78 is 52.2. The number of carbonyl (C=O) groups is 2. The monoisotopic (exact) mass is 760 g/mol. The number of anilines is 1. The van der Waals surface area contributed by atoms with Gasteiger partial charge in [-0.1, -0.05) is 41.4 Å². The second-order valence-electron chi connectivity index (χ2n) is 12.6. The van der Waals surface area contributed by atoms with Gasteiger partial charge in [-0.15, -0.1) is 11.3 Å². The number of methoxy groups -OCH3 is 2. The number of aromatic nitrogens is 1. The number of pyridine rings is 1. The molecule has 3 aliphatic rings. The van der Waals surface area contributed by atoms with E-state index in [2.05, 4.69) is 4.90 Å². The van der Waals surface area contributed by atoms with Crippen LogP contribution in [0.3, 0.4) is 0 Å². The summed E-state index contributed by atoms with van der Waals surface area (Å²) in [7, 11) is 4.84. The van der Waals surface area contributed by atoms with Crippen molar-refractivity contribution in [2.45, 2.75) is 44.4 Å². The first kappa shape index (κ1) is 36.8. The Balaban J connectivity index is 1.25. The minimum atomic E-state index is -2.71. The largest absolute Gasteiger partial charge is 0.493 e. The van der Waals surface area contributed by atoms with E-state index in [0.717, 1.165) is 37.3 Å². The Kier molecular flexibility index (Phi) is 11.7. The molecule has 0 unspecified atom stereocenters. The summed E-state index contributed by atoms with van der Waals surface area (Å²) in [4.78, 5) is 32.0. The quantitative estimate of drug-likeness (QED) is 0.106. The highest BCUT2D eigenvalue weighted by Crippen LogP contribution is 2.37. The topological polar surface area (TPSA) is 81.4 Å². The highest BCUT2D eigenvalue weighted by atomic mass is 35.5. The van der Waals surface area contributed by atoms with Crippen LogP contribution in [0.2, 0.25) is 10.0 Å². The molecule has 4 aromatic rings. The number of carbonyl (C=O) groups excluding carboxylic acids is 2. The number of thiophene rings is 1. The molecule has 9 nitrogen and oxygen atoms in total. The predicted molar refractivity (Wildman–Crippen MR) is 190 cm³/mol. The summed E-state index contributed by atoms with van der Waals surface area (Å²) in [6.07, 6.45) is 1.04. The van der Waals surface area contributed by atoms with E-state index in [-0.39, 0.29) is 41.1 Å². The van der Waals surface area contributed by atoms with E-state index in [9.17, 15) is 18.4 Å². The molecule has 3 fully saturated rings. The number of esters is 1. The lowest BCUT2D eigenvalue weighted by Crippen LogP contribution is -2.53. The first-order valence-corrected chi connectivity index (χ1v) is 18.0. The summed E-state index contributed by atoms with van der Waals surface area (Å²) >= 11 is 14.3. The fraction of sp³-hybridized carbons (Fsp3) is 0.378. The number of alkyl halides is 2. The number of fused-ring (bicyclic) bond motifs is 3. The van der Waals surface area contributed by atoms with Gasteiger partial charge in [0.05, 0.1) is 20.8 Å². The van der Waals surface area contributed by atoms with Crippen molar-refractivity contribution in [1.29, 1.82) is 0 Å². The molecule has 51 heavy (non-hydrogen) atoms. The zero-order valence-electron chi connectivity index (χ0n) is 28.3. The summed E-state index contributed by atoms with van der Waals surface area (Å²) in [6.45, 7) is 2.60. The molecule has 0 aliphatic carbocycles. The fourth-order valence-corrected chi connectivity index (χ4v) is 8.16. The molecule has 14 heteroatoms. The maximum Gasteiger partial charge on any atom is 0.414 e. The molecule has 0 saturated carbocycles. The Morgan fingerprint density at radius 2 is 1.71 bits per heavy atom. The van der Waals surface area contributed by atoms with Gasteiger partial charge >= 0.3 is 12.1 Å². The van der Waals surface area contributed by atoms with Crippen LogP contribution < -0.4 is 18.9 Å². The third-order valence-electron chi connectivity index (χ3n) is 9.31. The molecule has 2 atom stereocenters. The molecule has 270 valence electrons. The fourth-order valence-electron chi connectivity index (χ4n) is 6.57. The van der Waals surface area contributed by atoms with Crippen LogP contribution in [0.4, 0.5) is 19.3 Å². The summed E-state index contributed by atoms with van der Waals surface area (Å²) in [5.41, 5.74) is 1.28.